The van der Waals surface area contributed by atoms with Crippen molar-refractivity contribution in [2.75, 3.05) is 6.54 Å². The van der Waals surface area contributed by atoms with E-state index in [1.54, 1.807) is 23.0 Å². The van der Waals surface area contributed by atoms with Gasteiger partial charge in [-0.15, -0.1) is 0 Å². The summed E-state index contributed by atoms with van der Waals surface area (Å²) in [6, 6.07) is 4.25. The summed E-state index contributed by atoms with van der Waals surface area (Å²) in [6.07, 6.45) is 2.50. The molecule has 0 saturated carbocycles. The summed E-state index contributed by atoms with van der Waals surface area (Å²) in [5.74, 6) is -0.353. The minimum atomic E-state index is -0.426. The second kappa shape index (κ2) is 7.25. The van der Waals surface area contributed by atoms with Crippen LogP contribution in [-0.2, 0) is 6.54 Å². The minimum Gasteiger partial charge on any atom is -0.305 e. The van der Waals surface area contributed by atoms with E-state index in [-0.39, 0.29) is 5.82 Å². The van der Waals surface area contributed by atoms with Crippen LogP contribution in [0.5, 0.6) is 0 Å². The molecule has 21 heavy (non-hydrogen) atoms. The predicted octanol–water partition coefficient (Wildman–Crippen LogP) is 4.44. The van der Waals surface area contributed by atoms with Crippen LogP contribution in [0, 0.1) is 5.82 Å². The predicted molar refractivity (Wildman–Crippen MR) is 84.5 cm³/mol. The summed E-state index contributed by atoms with van der Waals surface area (Å²) in [5, 5.41) is 8.41. The fourth-order valence-electron chi connectivity index (χ4n) is 2.37. The zero-order valence-electron chi connectivity index (χ0n) is 12.0. The Morgan fingerprint density at radius 1 is 1.29 bits per heavy atom. The summed E-state index contributed by atoms with van der Waals surface area (Å²) in [4.78, 5) is 0. The van der Waals surface area contributed by atoms with Crippen LogP contribution in [0.2, 0.25) is 10.0 Å². The molecule has 1 aromatic carbocycles. The Balaban J connectivity index is 2.56. The molecule has 1 unspecified atom stereocenters. The van der Waals surface area contributed by atoms with Gasteiger partial charge in [-0.05, 0) is 25.1 Å². The fraction of sp³-hybridized carbons (Fsp3) is 0.400. The number of nitrogens with zero attached hydrogens (tertiary/aromatic N) is 2. The first-order valence-electron chi connectivity index (χ1n) is 6.98. The lowest BCUT2D eigenvalue weighted by Gasteiger charge is -2.22. The lowest BCUT2D eigenvalue weighted by atomic mass is 10.0. The molecule has 114 valence electrons. The lowest BCUT2D eigenvalue weighted by Crippen LogP contribution is -2.26. The molecule has 1 N–H and O–H groups in total. The van der Waals surface area contributed by atoms with Crippen molar-refractivity contribution < 1.29 is 4.39 Å². The molecule has 3 nitrogen and oxygen atoms in total. The number of hydrogen-bond acceptors (Lipinski definition) is 2. The molecule has 0 aliphatic rings. The highest BCUT2D eigenvalue weighted by atomic mass is 35.5. The molecule has 0 spiro atoms. The topological polar surface area (TPSA) is 29.9 Å². The molecule has 1 atom stereocenters. The van der Waals surface area contributed by atoms with Gasteiger partial charge in [0, 0.05) is 17.1 Å². The van der Waals surface area contributed by atoms with Crippen LogP contribution in [0.15, 0.2) is 24.4 Å². The zero-order valence-corrected chi connectivity index (χ0v) is 13.5. The van der Waals surface area contributed by atoms with Crippen LogP contribution < -0.4 is 5.32 Å². The van der Waals surface area contributed by atoms with E-state index < -0.39 is 6.04 Å². The minimum absolute atomic E-state index is 0.353. The molecule has 0 radical (unpaired) electrons. The number of aromatic nitrogens is 2. The third-order valence-corrected chi connectivity index (χ3v) is 3.86. The first-order valence-corrected chi connectivity index (χ1v) is 7.74. The first-order chi connectivity index (χ1) is 10.1. The quantitative estimate of drug-likeness (QED) is 0.849. The van der Waals surface area contributed by atoms with E-state index in [0.29, 0.717) is 22.2 Å². The maximum atomic E-state index is 14.3. The molecular formula is C15H18Cl2FN3. The third-order valence-electron chi connectivity index (χ3n) is 3.24. The van der Waals surface area contributed by atoms with Crippen LogP contribution in [0.25, 0.3) is 0 Å². The zero-order chi connectivity index (χ0) is 15.4. The van der Waals surface area contributed by atoms with E-state index in [1.165, 1.54) is 6.07 Å². The highest BCUT2D eigenvalue weighted by Gasteiger charge is 2.26. The molecule has 2 rings (SSSR count). The molecule has 0 fully saturated rings. The Morgan fingerprint density at radius 2 is 2.05 bits per heavy atom. The van der Waals surface area contributed by atoms with Crippen LogP contribution in [0.3, 0.4) is 0 Å². The summed E-state index contributed by atoms with van der Waals surface area (Å²) >= 11 is 12.5. The Hall–Kier alpha value is -1.10. The Kier molecular flexibility index (Phi) is 5.62. The van der Waals surface area contributed by atoms with E-state index in [4.69, 9.17) is 23.2 Å². The number of halogens is 3. The SMILES string of the molecule is CCCn1ncc(Cl)c1C(NCC)c1c(F)cccc1Cl. The van der Waals surface area contributed by atoms with Crippen molar-refractivity contribution in [1.82, 2.24) is 15.1 Å². The summed E-state index contributed by atoms with van der Waals surface area (Å²) in [5.41, 5.74) is 1.15. The Bertz CT molecular complexity index is 593. The molecule has 2 aromatic rings. The van der Waals surface area contributed by atoms with Crippen LogP contribution in [0.1, 0.15) is 37.6 Å². The van der Waals surface area contributed by atoms with Crippen molar-refractivity contribution in [2.45, 2.75) is 32.9 Å². The van der Waals surface area contributed by atoms with Gasteiger partial charge in [-0.2, -0.15) is 5.10 Å². The van der Waals surface area contributed by atoms with Gasteiger partial charge in [0.15, 0.2) is 0 Å². The molecule has 0 aliphatic carbocycles. The second-order valence-electron chi connectivity index (χ2n) is 4.73. The summed E-state index contributed by atoms with van der Waals surface area (Å²) < 4.78 is 16.1. The molecular weight excluding hydrogens is 312 g/mol. The van der Waals surface area contributed by atoms with Gasteiger partial charge in [0.05, 0.1) is 23.0 Å². The van der Waals surface area contributed by atoms with Crippen molar-refractivity contribution >= 4 is 23.2 Å². The van der Waals surface area contributed by atoms with E-state index in [9.17, 15) is 4.39 Å². The number of benzene rings is 1. The van der Waals surface area contributed by atoms with E-state index in [2.05, 4.69) is 17.3 Å². The second-order valence-corrected chi connectivity index (χ2v) is 5.54. The molecule has 0 amide bonds. The van der Waals surface area contributed by atoms with Gasteiger partial charge in [0.1, 0.15) is 5.82 Å². The monoisotopic (exact) mass is 329 g/mol. The maximum absolute atomic E-state index is 14.3. The molecule has 0 saturated heterocycles. The fourth-order valence-corrected chi connectivity index (χ4v) is 2.90. The standard InChI is InChI=1S/C15H18Cl2FN3/c1-3-8-21-15(11(17)9-20-21)14(19-4-2)13-10(16)6-5-7-12(13)18/h5-7,9,14,19H,3-4,8H2,1-2H3. The number of hydrogen-bond donors (Lipinski definition) is 1. The van der Waals surface area contributed by atoms with E-state index in [0.717, 1.165) is 18.7 Å². The summed E-state index contributed by atoms with van der Waals surface area (Å²) in [7, 11) is 0. The van der Waals surface area contributed by atoms with Gasteiger partial charge in [0.2, 0.25) is 0 Å². The Morgan fingerprint density at radius 3 is 2.67 bits per heavy atom. The molecule has 0 bridgehead atoms. The van der Waals surface area contributed by atoms with Gasteiger partial charge in [-0.1, -0.05) is 43.1 Å². The lowest BCUT2D eigenvalue weighted by molar-refractivity contribution is 0.502. The van der Waals surface area contributed by atoms with Gasteiger partial charge in [0.25, 0.3) is 0 Å². The Labute approximate surface area is 134 Å². The average Bonchev–Trinajstić information content (AvgIpc) is 2.79. The summed E-state index contributed by atoms with van der Waals surface area (Å²) in [6.45, 7) is 5.38. The average molecular weight is 330 g/mol. The van der Waals surface area contributed by atoms with E-state index >= 15 is 0 Å². The van der Waals surface area contributed by atoms with E-state index in [1.807, 2.05) is 6.92 Å². The molecule has 1 heterocycles. The van der Waals surface area contributed by atoms with Crippen molar-refractivity contribution in [3.05, 3.63) is 51.5 Å². The van der Waals surface area contributed by atoms with Gasteiger partial charge in [-0.3, -0.25) is 4.68 Å². The van der Waals surface area contributed by atoms with Gasteiger partial charge < -0.3 is 5.32 Å². The molecule has 1 aromatic heterocycles. The van der Waals surface area contributed by atoms with Crippen LogP contribution in [-0.4, -0.2) is 16.3 Å². The normalized spacial score (nSPS) is 12.6. The number of aryl methyl sites for hydroxylation is 1. The highest BCUT2D eigenvalue weighted by Crippen LogP contribution is 2.34. The van der Waals surface area contributed by atoms with Gasteiger partial charge in [-0.25, -0.2) is 4.39 Å². The highest BCUT2D eigenvalue weighted by molar-refractivity contribution is 6.32. The van der Waals surface area contributed by atoms with Crippen molar-refractivity contribution in [2.24, 2.45) is 0 Å². The first kappa shape index (κ1) is 16.3. The van der Waals surface area contributed by atoms with Crippen molar-refractivity contribution in [3.63, 3.8) is 0 Å². The largest absolute Gasteiger partial charge is 0.305 e. The van der Waals surface area contributed by atoms with Crippen LogP contribution in [0.4, 0.5) is 4.39 Å². The van der Waals surface area contributed by atoms with Crippen molar-refractivity contribution in [3.8, 4) is 0 Å². The van der Waals surface area contributed by atoms with Gasteiger partial charge >= 0.3 is 0 Å². The van der Waals surface area contributed by atoms with Crippen molar-refractivity contribution in [1.29, 1.82) is 0 Å². The molecule has 6 heteroatoms. The smallest absolute Gasteiger partial charge is 0.129 e. The molecule has 0 aliphatic heterocycles. The van der Waals surface area contributed by atoms with Crippen LogP contribution >= 0.6 is 23.2 Å². The third kappa shape index (κ3) is 3.39. The number of rotatable bonds is 6. The maximum Gasteiger partial charge on any atom is 0.129 e. The number of nitrogens with one attached hydrogen (secondary N) is 1.